The lowest BCUT2D eigenvalue weighted by molar-refractivity contribution is 0.187. The van der Waals surface area contributed by atoms with Crippen LogP contribution in [0.4, 0.5) is 9.59 Å². The molecule has 13 nitrogen and oxygen atoms in total. The SMILES string of the molecule is C.Cc1cncc([C@H]2C[C@@H]2CO)c1.Cc1cncc([C@H]2C[C@@H]2COc2cccnc2)c1.O=C(N=NC(=O)N1CCCCC1)N1CCCCC1.Oc1cccnc1. The number of amides is 4. The van der Waals surface area contributed by atoms with Gasteiger partial charge in [-0.2, -0.15) is 0 Å². The third-order valence-electron chi connectivity index (χ3n) is 9.95. The van der Waals surface area contributed by atoms with Crippen molar-refractivity contribution in [1.29, 1.82) is 0 Å². The van der Waals surface area contributed by atoms with Crippen molar-refractivity contribution in [3.8, 4) is 11.5 Å². The summed E-state index contributed by atoms with van der Waals surface area (Å²) in [7, 11) is 0. The van der Waals surface area contributed by atoms with E-state index in [1.807, 2.05) is 43.8 Å². The number of nitrogens with zero attached hydrogens (tertiary/aromatic N) is 8. The molecule has 2 aliphatic heterocycles. The molecule has 2 aliphatic carbocycles. The van der Waals surface area contributed by atoms with Crippen molar-refractivity contribution >= 4 is 12.1 Å². The van der Waals surface area contributed by atoms with Crippen molar-refractivity contribution in [3.63, 3.8) is 0 Å². The summed E-state index contributed by atoms with van der Waals surface area (Å²) in [5.41, 5.74) is 5.06. The first-order valence-corrected chi connectivity index (χ1v) is 19.4. The lowest BCUT2D eigenvalue weighted by atomic mass is 10.1. The predicted octanol–water partition coefficient (Wildman–Crippen LogP) is 8.53. The molecule has 4 atom stereocenters. The van der Waals surface area contributed by atoms with Crippen LogP contribution < -0.4 is 4.74 Å². The van der Waals surface area contributed by atoms with Gasteiger partial charge in [0.1, 0.15) is 11.5 Å². The molecule has 4 aromatic rings. The number of aromatic nitrogens is 4. The number of aliphatic hydroxyl groups is 1. The summed E-state index contributed by atoms with van der Waals surface area (Å²) in [5.74, 6) is 3.37. The third-order valence-corrected chi connectivity index (χ3v) is 9.95. The number of ether oxygens (including phenoxy) is 1. The second-order valence-corrected chi connectivity index (χ2v) is 14.5. The number of azo groups is 1. The van der Waals surface area contributed by atoms with Crippen molar-refractivity contribution in [2.24, 2.45) is 22.1 Å². The van der Waals surface area contributed by atoms with E-state index < -0.39 is 0 Å². The summed E-state index contributed by atoms with van der Waals surface area (Å²) in [6.45, 7) is 8.15. The van der Waals surface area contributed by atoms with Crippen molar-refractivity contribution in [2.75, 3.05) is 39.4 Å². The van der Waals surface area contributed by atoms with Crippen molar-refractivity contribution in [2.45, 2.75) is 84.5 Å². The van der Waals surface area contributed by atoms with Gasteiger partial charge >= 0.3 is 12.1 Å². The molecule has 4 amide bonds. The first-order valence-electron chi connectivity index (χ1n) is 19.4. The summed E-state index contributed by atoms with van der Waals surface area (Å²) >= 11 is 0. The summed E-state index contributed by atoms with van der Waals surface area (Å²) in [4.78, 5) is 42.7. The van der Waals surface area contributed by atoms with E-state index in [1.165, 1.54) is 34.9 Å². The fraction of sp³-hybridized carbons (Fsp3) is 0.488. The molecule has 4 aliphatic rings. The number of aliphatic hydroxyl groups excluding tert-OH is 1. The number of rotatable bonds is 6. The zero-order valence-electron chi connectivity index (χ0n) is 32.0. The average molecular weight is 767 g/mol. The van der Waals surface area contributed by atoms with Crippen LogP contribution in [0, 0.1) is 25.7 Å². The Morgan fingerprint density at radius 2 is 1.20 bits per heavy atom. The smallest absolute Gasteiger partial charge is 0.362 e. The number of pyridine rings is 4. The highest BCUT2D eigenvalue weighted by Crippen LogP contribution is 2.48. The Kier molecular flexibility index (Phi) is 17.8. The molecule has 56 heavy (non-hydrogen) atoms. The second kappa shape index (κ2) is 22.9. The van der Waals surface area contributed by atoms with E-state index in [0.717, 1.165) is 83.5 Å². The minimum absolute atomic E-state index is 0. The van der Waals surface area contributed by atoms with E-state index in [4.69, 9.17) is 14.9 Å². The Balaban J connectivity index is 0.000000173. The Morgan fingerprint density at radius 3 is 1.61 bits per heavy atom. The fourth-order valence-corrected chi connectivity index (χ4v) is 6.63. The Bertz CT molecular complexity index is 1750. The topological polar surface area (TPSA) is 167 Å². The molecule has 4 aromatic heterocycles. The maximum Gasteiger partial charge on any atom is 0.362 e. The van der Waals surface area contributed by atoms with Gasteiger partial charge in [-0.25, -0.2) is 9.59 Å². The zero-order chi connectivity index (χ0) is 38.8. The van der Waals surface area contributed by atoms with Crippen LogP contribution in [0.15, 0.2) is 96.2 Å². The van der Waals surface area contributed by atoms with E-state index in [2.05, 4.69) is 49.2 Å². The lowest BCUT2D eigenvalue weighted by Crippen LogP contribution is -2.35. The van der Waals surface area contributed by atoms with Gasteiger partial charge in [0.2, 0.25) is 0 Å². The number of hydrogen-bond acceptors (Lipinski definition) is 9. The van der Waals surface area contributed by atoms with Gasteiger partial charge in [0.15, 0.2) is 0 Å². The number of carbonyl (C=O) groups is 2. The number of likely N-dealkylation sites (tertiary alicyclic amines) is 2. The third kappa shape index (κ3) is 14.7. The molecule has 0 aromatic carbocycles. The normalized spacial score (nSPS) is 20.7. The molecular formula is C43H58N8O5. The summed E-state index contributed by atoms with van der Waals surface area (Å²) < 4.78 is 5.73. The van der Waals surface area contributed by atoms with Crippen LogP contribution in [0.5, 0.6) is 11.5 Å². The minimum Gasteiger partial charge on any atom is -0.506 e. The number of carbonyl (C=O) groups excluding carboxylic acids is 2. The lowest BCUT2D eigenvalue weighted by Gasteiger charge is -2.25. The van der Waals surface area contributed by atoms with E-state index in [-0.39, 0.29) is 25.2 Å². The summed E-state index contributed by atoms with van der Waals surface area (Å²) in [6.07, 6.45) is 22.9. The van der Waals surface area contributed by atoms with Crippen LogP contribution in [0.25, 0.3) is 0 Å². The molecule has 0 unspecified atom stereocenters. The molecule has 2 saturated carbocycles. The van der Waals surface area contributed by atoms with Crippen molar-refractivity contribution in [3.05, 3.63) is 108 Å². The molecule has 2 saturated heterocycles. The van der Waals surface area contributed by atoms with E-state index in [1.54, 1.807) is 40.5 Å². The number of urea groups is 2. The standard InChI is InChI=1S/C15H16N2O.C12H20N4O2.C10H13NO.C5H5NO.CH4/c1-11-5-12(8-17-7-11)15-6-13(15)10-18-14-3-2-4-16-9-14;17-11(15-7-3-1-4-8-15)13-14-12(18)16-9-5-2-6-10-16;1-7-2-8(5-11-4-7)10-3-9(10)6-12;7-5-2-1-3-6-4-5;/h2-5,7-9,13,15H,6,10H2,1H3;1-10H2;2,4-5,9-10,12H,3,6H2,1H3;1-4,7H;1H4/t13-,15-;;9-,10-;;/m1.1../s1. The maximum atomic E-state index is 11.7. The molecule has 13 heteroatoms. The molecule has 8 rings (SSSR count). The molecular weight excluding hydrogens is 709 g/mol. The molecule has 300 valence electrons. The molecule has 6 heterocycles. The van der Waals surface area contributed by atoms with E-state index in [9.17, 15) is 9.59 Å². The van der Waals surface area contributed by atoms with Gasteiger partial charge in [0.05, 0.1) is 19.0 Å². The Labute approximate surface area is 331 Å². The number of aryl methyl sites for hydroxylation is 2. The molecule has 0 spiro atoms. The number of aromatic hydroxyl groups is 1. The first-order chi connectivity index (χ1) is 26.8. The number of piperidine rings is 2. The van der Waals surface area contributed by atoms with Gasteiger partial charge in [-0.05, 0) is 129 Å². The highest BCUT2D eigenvalue weighted by atomic mass is 16.5. The van der Waals surface area contributed by atoms with Crippen LogP contribution >= 0.6 is 0 Å². The largest absolute Gasteiger partial charge is 0.506 e. The van der Waals surface area contributed by atoms with Gasteiger partial charge in [-0.15, -0.1) is 0 Å². The van der Waals surface area contributed by atoms with Crippen LogP contribution in [0.2, 0.25) is 0 Å². The average Bonchev–Trinajstić information content (AvgIpc) is 4.17. The second-order valence-electron chi connectivity index (χ2n) is 14.5. The molecule has 0 bridgehead atoms. The van der Waals surface area contributed by atoms with Gasteiger partial charge in [-0.3, -0.25) is 19.9 Å². The monoisotopic (exact) mass is 766 g/mol. The quantitative estimate of drug-likeness (QED) is 0.183. The summed E-state index contributed by atoms with van der Waals surface area (Å²) in [5, 5.41) is 24.5. The van der Waals surface area contributed by atoms with Crippen LogP contribution in [0.3, 0.4) is 0 Å². The highest BCUT2D eigenvalue weighted by Gasteiger charge is 2.39. The van der Waals surface area contributed by atoms with Gasteiger partial charge < -0.3 is 24.7 Å². The van der Waals surface area contributed by atoms with Crippen LogP contribution in [0.1, 0.15) is 92.9 Å². The molecule has 2 N–H and O–H groups in total. The Morgan fingerprint density at radius 1 is 0.696 bits per heavy atom. The zero-order valence-corrected chi connectivity index (χ0v) is 32.0. The van der Waals surface area contributed by atoms with Gasteiger partial charge in [0.25, 0.3) is 0 Å². The van der Waals surface area contributed by atoms with Crippen molar-refractivity contribution in [1.82, 2.24) is 29.7 Å². The Hall–Kier alpha value is -5.30. The van der Waals surface area contributed by atoms with Gasteiger partial charge in [0, 0.05) is 75.9 Å². The van der Waals surface area contributed by atoms with E-state index in [0.29, 0.717) is 30.3 Å². The minimum atomic E-state index is -0.375. The predicted molar refractivity (Wildman–Crippen MR) is 216 cm³/mol. The van der Waals surface area contributed by atoms with Crippen molar-refractivity contribution < 1.29 is 24.5 Å². The fourth-order valence-electron chi connectivity index (χ4n) is 6.63. The molecule has 4 fully saturated rings. The maximum absolute atomic E-state index is 11.7. The summed E-state index contributed by atoms with van der Waals surface area (Å²) in [6, 6.07) is 10.7. The molecule has 0 radical (unpaired) electrons. The van der Waals surface area contributed by atoms with Crippen LogP contribution in [-0.2, 0) is 0 Å². The van der Waals surface area contributed by atoms with Crippen LogP contribution in [-0.4, -0.2) is 91.4 Å². The number of hydrogen-bond donors (Lipinski definition) is 2. The highest BCUT2D eigenvalue weighted by molar-refractivity contribution is 5.79. The van der Waals surface area contributed by atoms with Gasteiger partial charge in [-0.1, -0.05) is 29.8 Å². The van der Waals surface area contributed by atoms with E-state index >= 15 is 0 Å². The first kappa shape index (κ1) is 43.4.